The van der Waals surface area contributed by atoms with Gasteiger partial charge in [0.1, 0.15) is 0 Å². The van der Waals surface area contributed by atoms with Crippen LogP contribution in [0, 0.1) is 0 Å². The standard InChI is InChI=1S/C13H19N3/c1-16-8-6-13(7-9-16)12(14)10-4-2-3-5-11(10)15-13/h2-5,12,15H,6-9,14H2,1H3/t12-/m1/s1. The van der Waals surface area contributed by atoms with Gasteiger partial charge in [0.15, 0.2) is 0 Å². The summed E-state index contributed by atoms with van der Waals surface area (Å²) in [6.07, 6.45) is 2.28. The number of hydrogen-bond acceptors (Lipinski definition) is 3. The van der Waals surface area contributed by atoms with Crippen LogP contribution in [0.3, 0.4) is 0 Å². The quantitative estimate of drug-likeness (QED) is 0.693. The summed E-state index contributed by atoms with van der Waals surface area (Å²) in [5.74, 6) is 0. The maximum absolute atomic E-state index is 6.42. The van der Waals surface area contributed by atoms with E-state index in [9.17, 15) is 0 Å². The molecule has 0 radical (unpaired) electrons. The van der Waals surface area contributed by atoms with E-state index in [1.54, 1.807) is 0 Å². The van der Waals surface area contributed by atoms with Crippen molar-refractivity contribution in [2.24, 2.45) is 5.73 Å². The minimum absolute atomic E-state index is 0.107. The molecule has 0 amide bonds. The third-order valence-corrected chi connectivity index (χ3v) is 4.15. The normalized spacial score (nSPS) is 27.8. The minimum Gasteiger partial charge on any atom is -0.377 e. The number of anilines is 1. The van der Waals surface area contributed by atoms with E-state index in [-0.39, 0.29) is 11.6 Å². The predicted molar refractivity (Wildman–Crippen MR) is 66.5 cm³/mol. The van der Waals surface area contributed by atoms with Crippen molar-refractivity contribution in [2.75, 3.05) is 25.5 Å². The van der Waals surface area contributed by atoms with Crippen LogP contribution in [0.5, 0.6) is 0 Å². The lowest BCUT2D eigenvalue weighted by molar-refractivity contribution is 0.189. The Balaban J connectivity index is 1.91. The van der Waals surface area contributed by atoms with E-state index < -0.39 is 0 Å². The lowest BCUT2D eigenvalue weighted by atomic mass is 9.81. The van der Waals surface area contributed by atoms with Gasteiger partial charge in [-0.3, -0.25) is 0 Å². The molecule has 1 spiro atoms. The van der Waals surface area contributed by atoms with Gasteiger partial charge in [-0.15, -0.1) is 0 Å². The summed E-state index contributed by atoms with van der Waals surface area (Å²) in [6, 6.07) is 8.60. The molecule has 0 unspecified atom stereocenters. The van der Waals surface area contributed by atoms with E-state index in [0.717, 1.165) is 25.9 Å². The number of nitrogens with zero attached hydrogens (tertiary/aromatic N) is 1. The van der Waals surface area contributed by atoms with E-state index in [4.69, 9.17) is 5.73 Å². The third-order valence-electron chi connectivity index (χ3n) is 4.15. The second-order valence-electron chi connectivity index (χ2n) is 5.15. The van der Waals surface area contributed by atoms with Crippen LogP contribution in [0.4, 0.5) is 5.69 Å². The molecular formula is C13H19N3. The van der Waals surface area contributed by atoms with Gasteiger partial charge in [0.05, 0.1) is 11.6 Å². The molecule has 2 aliphatic rings. The van der Waals surface area contributed by atoms with Gasteiger partial charge in [-0.1, -0.05) is 18.2 Å². The molecule has 0 bridgehead atoms. The molecule has 86 valence electrons. The topological polar surface area (TPSA) is 41.3 Å². The molecule has 3 nitrogen and oxygen atoms in total. The van der Waals surface area contributed by atoms with E-state index in [2.05, 4.69) is 41.5 Å². The Morgan fingerprint density at radius 3 is 2.69 bits per heavy atom. The number of nitrogens with one attached hydrogen (secondary N) is 1. The highest BCUT2D eigenvalue weighted by Crippen LogP contribution is 2.44. The van der Waals surface area contributed by atoms with Crippen molar-refractivity contribution in [3.8, 4) is 0 Å². The van der Waals surface area contributed by atoms with Crippen LogP contribution in [0.1, 0.15) is 24.4 Å². The Kier molecular flexibility index (Phi) is 2.19. The molecule has 1 fully saturated rings. The third kappa shape index (κ3) is 1.35. The molecule has 1 saturated heterocycles. The molecule has 3 rings (SSSR count). The summed E-state index contributed by atoms with van der Waals surface area (Å²) in [5.41, 5.74) is 9.05. The number of rotatable bonds is 0. The van der Waals surface area contributed by atoms with Gasteiger partial charge in [0, 0.05) is 18.8 Å². The molecule has 1 aromatic rings. The van der Waals surface area contributed by atoms with E-state index >= 15 is 0 Å². The summed E-state index contributed by atoms with van der Waals surface area (Å²) in [6.45, 7) is 2.27. The molecule has 3 heteroatoms. The highest BCUT2D eigenvalue weighted by Gasteiger charge is 2.45. The minimum atomic E-state index is 0.107. The largest absolute Gasteiger partial charge is 0.377 e. The highest BCUT2D eigenvalue weighted by molar-refractivity contribution is 5.61. The first-order valence-electron chi connectivity index (χ1n) is 6.02. The Morgan fingerprint density at radius 2 is 2.00 bits per heavy atom. The maximum atomic E-state index is 6.42. The average Bonchev–Trinajstić information content (AvgIpc) is 2.58. The van der Waals surface area contributed by atoms with Crippen molar-refractivity contribution in [3.63, 3.8) is 0 Å². The molecule has 1 atom stereocenters. The van der Waals surface area contributed by atoms with Gasteiger partial charge in [0.25, 0.3) is 0 Å². The number of benzene rings is 1. The van der Waals surface area contributed by atoms with Gasteiger partial charge in [-0.25, -0.2) is 0 Å². The highest BCUT2D eigenvalue weighted by atomic mass is 15.2. The first kappa shape index (κ1) is 10.1. The number of fused-ring (bicyclic) bond motifs is 1. The molecule has 0 aromatic heterocycles. The summed E-state index contributed by atoms with van der Waals surface area (Å²) < 4.78 is 0. The fourth-order valence-electron chi connectivity index (χ4n) is 2.98. The molecule has 3 N–H and O–H groups in total. The van der Waals surface area contributed by atoms with E-state index in [1.165, 1.54) is 11.3 Å². The lowest BCUT2D eigenvalue weighted by Crippen LogP contribution is -2.51. The van der Waals surface area contributed by atoms with Crippen LogP contribution >= 0.6 is 0 Å². The van der Waals surface area contributed by atoms with Crippen LogP contribution in [0.2, 0.25) is 0 Å². The maximum Gasteiger partial charge on any atom is 0.0591 e. The number of nitrogens with two attached hydrogens (primary N) is 1. The number of likely N-dealkylation sites (tertiary alicyclic amines) is 1. The van der Waals surface area contributed by atoms with Crippen molar-refractivity contribution in [1.82, 2.24) is 4.90 Å². The van der Waals surface area contributed by atoms with Crippen LogP contribution in [0.15, 0.2) is 24.3 Å². The Morgan fingerprint density at radius 1 is 1.31 bits per heavy atom. The Hall–Kier alpha value is -1.06. The molecule has 1 aromatic carbocycles. The van der Waals surface area contributed by atoms with Gasteiger partial charge in [0.2, 0.25) is 0 Å². The van der Waals surface area contributed by atoms with Crippen molar-refractivity contribution in [2.45, 2.75) is 24.4 Å². The Labute approximate surface area is 96.6 Å². The van der Waals surface area contributed by atoms with Crippen LogP contribution < -0.4 is 11.1 Å². The lowest BCUT2D eigenvalue weighted by Gasteiger charge is -2.41. The number of para-hydroxylation sites is 1. The molecule has 0 saturated carbocycles. The molecule has 2 heterocycles. The van der Waals surface area contributed by atoms with E-state index in [1.807, 2.05) is 0 Å². The van der Waals surface area contributed by atoms with Crippen LogP contribution in [-0.4, -0.2) is 30.6 Å². The van der Waals surface area contributed by atoms with Gasteiger partial charge < -0.3 is 16.0 Å². The van der Waals surface area contributed by atoms with Crippen molar-refractivity contribution >= 4 is 5.69 Å². The van der Waals surface area contributed by atoms with Crippen molar-refractivity contribution in [3.05, 3.63) is 29.8 Å². The number of piperidine rings is 1. The first-order chi connectivity index (χ1) is 7.71. The summed E-state index contributed by atoms with van der Waals surface area (Å²) in [4.78, 5) is 2.38. The van der Waals surface area contributed by atoms with Crippen LogP contribution in [-0.2, 0) is 0 Å². The molecule has 16 heavy (non-hydrogen) atoms. The van der Waals surface area contributed by atoms with Crippen LogP contribution in [0.25, 0.3) is 0 Å². The Bertz CT molecular complexity index is 394. The van der Waals surface area contributed by atoms with Crippen molar-refractivity contribution in [1.29, 1.82) is 0 Å². The first-order valence-corrected chi connectivity index (χ1v) is 6.02. The summed E-state index contributed by atoms with van der Waals surface area (Å²) in [5, 5.41) is 3.67. The smallest absolute Gasteiger partial charge is 0.0591 e. The SMILES string of the molecule is CN1CCC2(CC1)Nc1ccccc1[C@H]2N. The van der Waals surface area contributed by atoms with Crippen molar-refractivity contribution < 1.29 is 0 Å². The molecule has 2 aliphatic heterocycles. The summed E-state index contributed by atoms with van der Waals surface area (Å²) >= 11 is 0. The molecule has 0 aliphatic carbocycles. The number of hydrogen-bond donors (Lipinski definition) is 2. The van der Waals surface area contributed by atoms with Gasteiger partial charge >= 0.3 is 0 Å². The zero-order chi connectivity index (χ0) is 11.2. The summed E-state index contributed by atoms with van der Waals surface area (Å²) in [7, 11) is 2.18. The second kappa shape index (κ2) is 3.47. The molecular weight excluding hydrogens is 198 g/mol. The zero-order valence-corrected chi connectivity index (χ0v) is 9.74. The van der Waals surface area contributed by atoms with Gasteiger partial charge in [-0.05, 0) is 31.5 Å². The fraction of sp³-hybridized carbons (Fsp3) is 0.538. The average molecular weight is 217 g/mol. The second-order valence-corrected chi connectivity index (χ2v) is 5.15. The zero-order valence-electron chi connectivity index (χ0n) is 9.74. The van der Waals surface area contributed by atoms with E-state index in [0.29, 0.717) is 0 Å². The van der Waals surface area contributed by atoms with Gasteiger partial charge in [-0.2, -0.15) is 0 Å². The fourth-order valence-corrected chi connectivity index (χ4v) is 2.98. The predicted octanol–water partition coefficient (Wildman–Crippen LogP) is 1.58. The monoisotopic (exact) mass is 217 g/mol.